The molecule has 7 nitrogen and oxygen atoms in total. The molecule has 36 heavy (non-hydrogen) atoms. The van der Waals surface area contributed by atoms with Gasteiger partial charge in [0.2, 0.25) is 5.91 Å². The van der Waals surface area contributed by atoms with Gasteiger partial charge in [0.05, 0.1) is 18.0 Å². The quantitative estimate of drug-likeness (QED) is 0.613. The Morgan fingerprint density at radius 1 is 1.03 bits per heavy atom. The molecule has 2 heterocycles. The minimum atomic E-state index is -4.59. The fourth-order valence-electron chi connectivity index (χ4n) is 5.75. The van der Waals surface area contributed by atoms with Gasteiger partial charge >= 0.3 is 12.1 Å². The van der Waals surface area contributed by atoms with Crippen molar-refractivity contribution >= 4 is 23.5 Å². The van der Waals surface area contributed by atoms with Crippen LogP contribution in [0.25, 0.3) is 0 Å². The van der Waals surface area contributed by atoms with E-state index in [1.807, 2.05) is 17.0 Å². The van der Waals surface area contributed by atoms with E-state index in [0.717, 1.165) is 49.6 Å². The summed E-state index contributed by atoms with van der Waals surface area (Å²) in [6.07, 6.45) is 0.0987. The van der Waals surface area contributed by atoms with E-state index in [0.29, 0.717) is 12.1 Å². The molecule has 0 saturated heterocycles. The normalized spacial score (nSPS) is 23.1. The van der Waals surface area contributed by atoms with Crippen LogP contribution in [0.15, 0.2) is 42.6 Å². The van der Waals surface area contributed by atoms with E-state index in [-0.39, 0.29) is 48.4 Å². The third-order valence-electron chi connectivity index (χ3n) is 7.38. The van der Waals surface area contributed by atoms with Crippen LogP contribution in [0.2, 0.25) is 0 Å². The number of carboxylic acids is 1. The molecule has 2 aliphatic carbocycles. The molecule has 0 bridgehead atoms. The molecule has 1 aromatic heterocycles. The lowest BCUT2D eigenvalue weighted by atomic mass is 9.81. The second kappa shape index (κ2) is 9.22. The van der Waals surface area contributed by atoms with Gasteiger partial charge in [-0.2, -0.15) is 13.2 Å². The number of fused-ring (bicyclic) bond motifs is 2. The molecule has 0 unspecified atom stereocenters. The number of halogens is 3. The van der Waals surface area contributed by atoms with Crippen molar-refractivity contribution in [2.24, 2.45) is 5.92 Å². The number of hydrogen-bond donors (Lipinski definition) is 1. The largest absolute Gasteiger partial charge is 0.481 e. The van der Waals surface area contributed by atoms with E-state index in [4.69, 9.17) is 5.11 Å². The van der Waals surface area contributed by atoms with Gasteiger partial charge in [-0.25, -0.2) is 0 Å². The van der Waals surface area contributed by atoms with Gasteiger partial charge in [0.1, 0.15) is 5.69 Å². The molecule has 10 heteroatoms. The molecule has 1 N–H and O–H groups in total. The van der Waals surface area contributed by atoms with Crippen molar-refractivity contribution in [1.29, 1.82) is 0 Å². The number of nitrogens with zero attached hydrogens (tertiary/aromatic N) is 3. The zero-order valence-electron chi connectivity index (χ0n) is 19.4. The topological polar surface area (TPSA) is 90.8 Å². The first-order valence-electron chi connectivity index (χ1n) is 12.2. The average Bonchev–Trinajstić information content (AvgIpc) is 3.57. The summed E-state index contributed by atoms with van der Waals surface area (Å²) in [4.78, 5) is 45.0. The highest BCUT2D eigenvalue weighted by Crippen LogP contribution is 2.53. The van der Waals surface area contributed by atoms with Crippen molar-refractivity contribution in [1.82, 2.24) is 9.88 Å². The van der Waals surface area contributed by atoms with Crippen molar-refractivity contribution in [3.05, 3.63) is 59.4 Å². The van der Waals surface area contributed by atoms with E-state index >= 15 is 0 Å². The van der Waals surface area contributed by atoms with E-state index in [1.54, 1.807) is 17.0 Å². The summed E-state index contributed by atoms with van der Waals surface area (Å²) in [6.45, 7) is 0. The van der Waals surface area contributed by atoms with Gasteiger partial charge < -0.3 is 14.9 Å². The maximum absolute atomic E-state index is 13.7. The molecule has 0 spiro atoms. The Balaban J connectivity index is 1.52. The lowest BCUT2D eigenvalue weighted by molar-refractivity contribution is -0.142. The summed E-state index contributed by atoms with van der Waals surface area (Å²) in [6, 6.07) is 8.84. The van der Waals surface area contributed by atoms with Crippen LogP contribution < -0.4 is 4.90 Å². The Hall–Kier alpha value is -3.43. The first kappa shape index (κ1) is 24.3. The highest BCUT2D eigenvalue weighted by Gasteiger charge is 2.51. The van der Waals surface area contributed by atoms with Crippen molar-refractivity contribution in [3.8, 4) is 0 Å². The van der Waals surface area contributed by atoms with E-state index in [1.165, 1.54) is 0 Å². The average molecular weight is 502 g/mol. The van der Waals surface area contributed by atoms with Gasteiger partial charge in [-0.05, 0) is 49.4 Å². The Labute approximate surface area is 205 Å². The number of para-hydroxylation sites is 1. The SMILES string of the molecule is O=C(O)CCC(=O)N(C1CC1)[C@H]1c2ccccc2N(C(=O)c2ccc(C(F)(F)F)nc2)[C@@H]2CCC[C@@H]21. The third-order valence-corrected chi connectivity index (χ3v) is 7.38. The van der Waals surface area contributed by atoms with Gasteiger partial charge in [0, 0.05) is 36.3 Å². The summed E-state index contributed by atoms with van der Waals surface area (Å²) in [5, 5.41) is 9.10. The van der Waals surface area contributed by atoms with Crippen LogP contribution in [-0.4, -0.2) is 44.9 Å². The number of carboxylic acid groups (broad SMARTS) is 1. The van der Waals surface area contributed by atoms with Crippen LogP contribution >= 0.6 is 0 Å². The lowest BCUT2D eigenvalue weighted by Crippen LogP contribution is -2.53. The van der Waals surface area contributed by atoms with Crippen LogP contribution in [0, 0.1) is 5.92 Å². The van der Waals surface area contributed by atoms with Gasteiger partial charge in [-0.15, -0.1) is 0 Å². The number of amides is 2. The summed E-state index contributed by atoms with van der Waals surface area (Å²) >= 11 is 0. The number of aromatic nitrogens is 1. The highest BCUT2D eigenvalue weighted by molar-refractivity contribution is 6.07. The minimum Gasteiger partial charge on any atom is -0.481 e. The predicted octanol–water partition coefficient (Wildman–Crippen LogP) is 4.83. The summed E-state index contributed by atoms with van der Waals surface area (Å²) in [5.74, 6) is -1.70. The van der Waals surface area contributed by atoms with Gasteiger partial charge in [0.25, 0.3) is 5.91 Å². The van der Waals surface area contributed by atoms with Crippen LogP contribution in [0.5, 0.6) is 0 Å². The fourth-order valence-corrected chi connectivity index (χ4v) is 5.75. The molecule has 2 aromatic rings. The number of pyridine rings is 1. The zero-order valence-corrected chi connectivity index (χ0v) is 19.4. The molecule has 3 atom stereocenters. The molecular formula is C26H26F3N3O4. The number of benzene rings is 1. The first-order chi connectivity index (χ1) is 17.2. The van der Waals surface area contributed by atoms with Crippen LogP contribution in [0.1, 0.15) is 72.6 Å². The van der Waals surface area contributed by atoms with Crippen LogP contribution in [-0.2, 0) is 15.8 Å². The number of carbonyl (C=O) groups excluding carboxylic acids is 2. The summed E-state index contributed by atoms with van der Waals surface area (Å²) in [7, 11) is 0. The molecule has 190 valence electrons. The zero-order chi connectivity index (χ0) is 25.6. The molecule has 2 amide bonds. The van der Waals surface area contributed by atoms with Crippen LogP contribution in [0.4, 0.5) is 18.9 Å². The molecule has 5 rings (SSSR count). The molecule has 0 radical (unpaired) electrons. The monoisotopic (exact) mass is 501 g/mol. The second-order valence-electron chi connectivity index (χ2n) is 9.70. The standard InChI is InChI=1S/C26H26F3N3O4/c27-26(28,29)21-11-8-15(14-30-21)25(36)32-19-6-2-1-4-17(19)24(18-5-3-7-20(18)32)31(16-9-10-16)22(33)12-13-23(34)35/h1-2,4,6,8,11,14,16,18,20,24H,3,5,7,9-10,12-13H2,(H,34,35)/t18-,20+,24-/m0/s1. The van der Waals surface area contributed by atoms with Crippen molar-refractivity contribution in [3.63, 3.8) is 0 Å². The number of anilines is 1. The maximum atomic E-state index is 13.7. The Kier molecular flexibility index (Phi) is 6.22. The van der Waals surface area contributed by atoms with Crippen LogP contribution in [0.3, 0.4) is 0 Å². The molecule has 1 aliphatic heterocycles. The highest BCUT2D eigenvalue weighted by atomic mass is 19.4. The molecule has 3 aliphatic rings. The van der Waals surface area contributed by atoms with E-state index < -0.39 is 23.7 Å². The van der Waals surface area contributed by atoms with Gasteiger partial charge in [-0.1, -0.05) is 24.6 Å². The van der Waals surface area contributed by atoms with Crippen molar-refractivity contribution in [2.45, 2.75) is 69.2 Å². The smallest absolute Gasteiger partial charge is 0.433 e. The van der Waals surface area contributed by atoms with E-state index in [2.05, 4.69) is 4.98 Å². The van der Waals surface area contributed by atoms with Gasteiger partial charge in [0.15, 0.2) is 0 Å². The lowest BCUT2D eigenvalue weighted by Gasteiger charge is -2.47. The van der Waals surface area contributed by atoms with Gasteiger partial charge in [-0.3, -0.25) is 19.4 Å². The predicted molar refractivity (Wildman–Crippen MR) is 123 cm³/mol. The summed E-state index contributed by atoms with van der Waals surface area (Å²) in [5.41, 5.74) is 0.451. The molecule has 2 fully saturated rings. The first-order valence-corrected chi connectivity index (χ1v) is 12.2. The molecule has 2 saturated carbocycles. The summed E-state index contributed by atoms with van der Waals surface area (Å²) < 4.78 is 38.9. The number of aliphatic carboxylic acids is 1. The second-order valence-corrected chi connectivity index (χ2v) is 9.70. The van der Waals surface area contributed by atoms with Crippen molar-refractivity contribution < 1.29 is 32.7 Å². The molecule has 1 aromatic carbocycles. The fraction of sp³-hybridized carbons (Fsp3) is 0.462. The Bertz CT molecular complexity index is 1180. The van der Waals surface area contributed by atoms with Crippen molar-refractivity contribution in [2.75, 3.05) is 4.90 Å². The van der Waals surface area contributed by atoms with E-state index in [9.17, 15) is 27.6 Å². The maximum Gasteiger partial charge on any atom is 0.433 e. The number of carbonyl (C=O) groups is 3. The number of rotatable bonds is 6. The molecular weight excluding hydrogens is 475 g/mol. The minimum absolute atomic E-state index is 0.0481. The number of alkyl halides is 3. The number of hydrogen-bond acceptors (Lipinski definition) is 4. The Morgan fingerprint density at radius 3 is 2.42 bits per heavy atom. The third kappa shape index (κ3) is 4.44. The Morgan fingerprint density at radius 2 is 1.78 bits per heavy atom.